The Balaban J connectivity index is 4.02. The lowest BCUT2D eigenvalue weighted by Crippen LogP contribution is -2.45. The summed E-state index contributed by atoms with van der Waals surface area (Å²) in [6.45, 7) is 4.55. The number of aliphatic hydroxyl groups excluding tert-OH is 1. The Bertz CT molecular complexity index is 1780. The fourth-order valence-electron chi connectivity index (χ4n) is 11.2. The van der Waals surface area contributed by atoms with E-state index in [1.54, 1.807) is 6.08 Å². The smallest absolute Gasteiger partial charge is 0.268 e. The highest BCUT2D eigenvalue weighted by molar-refractivity contribution is 7.45. The van der Waals surface area contributed by atoms with E-state index in [1.807, 2.05) is 27.2 Å². The number of carbonyl (C=O) groups excluding carboxylic acids is 1. The summed E-state index contributed by atoms with van der Waals surface area (Å²) in [6, 6.07) is -0.914. The predicted octanol–water partition coefficient (Wildman–Crippen LogP) is 24.2. The van der Waals surface area contributed by atoms with Crippen molar-refractivity contribution >= 4 is 13.7 Å². The summed E-state index contributed by atoms with van der Waals surface area (Å²) in [4.78, 5) is 25.7. The first-order chi connectivity index (χ1) is 43.5. The molecular formula is C80H147N2O6P. The van der Waals surface area contributed by atoms with Crippen LogP contribution in [-0.4, -0.2) is 68.5 Å². The molecular weight excluding hydrogens is 1120 g/mol. The number of rotatable bonds is 70. The number of nitrogens with one attached hydrogen (secondary N) is 1. The first-order valence-corrected chi connectivity index (χ1v) is 39.6. The van der Waals surface area contributed by atoms with E-state index in [0.29, 0.717) is 17.4 Å². The van der Waals surface area contributed by atoms with E-state index < -0.39 is 26.6 Å². The van der Waals surface area contributed by atoms with Gasteiger partial charge >= 0.3 is 0 Å². The van der Waals surface area contributed by atoms with Gasteiger partial charge in [-0.25, -0.2) is 0 Å². The third-order valence-electron chi connectivity index (χ3n) is 17.0. The molecule has 0 aromatic carbocycles. The summed E-state index contributed by atoms with van der Waals surface area (Å²) in [5.74, 6) is -0.207. The van der Waals surface area contributed by atoms with Gasteiger partial charge in [0, 0.05) is 6.42 Å². The molecule has 0 spiro atoms. The van der Waals surface area contributed by atoms with E-state index in [9.17, 15) is 19.4 Å². The van der Waals surface area contributed by atoms with Crippen molar-refractivity contribution < 1.29 is 32.9 Å². The third kappa shape index (κ3) is 72.7. The number of likely N-dealkylation sites (N-methyl/N-ethyl adjacent to an activating group) is 1. The van der Waals surface area contributed by atoms with Crippen LogP contribution in [0.4, 0.5) is 0 Å². The SMILES string of the molecule is CC/C=C\C/C=C\C/C=C\C/C=C\C/C=C\CCCCCCCCCCCCCCCCCCCCCCCCCC(=O)NC(COP(=O)([O-])OCC[N+](C)(C)C)C(O)/C=C/CC/C=C/CC/C=C/CCCCCCCCCCCCCCCCCCCC. The third-order valence-corrected chi connectivity index (χ3v) is 18.0. The molecule has 0 saturated carbocycles. The van der Waals surface area contributed by atoms with Gasteiger partial charge in [0.05, 0.1) is 39.9 Å². The summed E-state index contributed by atoms with van der Waals surface area (Å²) in [6.07, 6.45) is 101. The van der Waals surface area contributed by atoms with Gasteiger partial charge in [0.2, 0.25) is 5.91 Å². The van der Waals surface area contributed by atoms with Crippen LogP contribution in [0.3, 0.4) is 0 Å². The van der Waals surface area contributed by atoms with Crippen LogP contribution in [0.25, 0.3) is 0 Å². The Morgan fingerprint density at radius 3 is 1.04 bits per heavy atom. The number of nitrogens with zero attached hydrogens (tertiary/aromatic N) is 1. The molecule has 0 aromatic rings. The van der Waals surface area contributed by atoms with Crippen molar-refractivity contribution in [2.45, 2.75) is 366 Å². The van der Waals surface area contributed by atoms with Crippen LogP contribution >= 0.6 is 7.82 Å². The number of carbonyl (C=O) groups is 1. The monoisotopic (exact) mass is 1260 g/mol. The zero-order valence-corrected chi connectivity index (χ0v) is 60.3. The molecule has 0 aliphatic rings. The molecule has 0 aliphatic carbocycles. The molecule has 0 bridgehead atoms. The van der Waals surface area contributed by atoms with Crippen molar-refractivity contribution in [3.63, 3.8) is 0 Å². The molecule has 89 heavy (non-hydrogen) atoms. The summed E-state index contributed by atoms with van der Waals surface area (Å²) in [7, 11) is 1.24. The second-order valence-corrected chi connectivity index (χ2v) is 28.4. The molecule has 0 radical (unpaired) electrons. The molecule has 518 valence electrons. The van der Waals surface area contributed by atoms with Crippen LogP contribution in [0.15, 0.2) is 97.2 Å². The second kappa shape index (κ2) is 69.8. The van der Waals surface area contributed by atoms with Gasteiger partial charge in [0.1, 0.15) is 13.2 Å². The molecule has 9 heteroatoms. The molecule has 0 rings (SSSR count). The minimum absolute atomic E-state index is 0.0101. The van der Waals surface area contributed by atoms with Crippen LogP contribution < -0.4 is 10.2 Å². The number of unbranched alkanes of at least 4 members (excludes halogenated alkanes) is 43. The normalized spacial score (nSPS) is 14.1. The molecule has 0 fully saturated rings. The Labute approximate surface area is 553 Å². The van der Waals surface area contributed by atoms with E-state index >= 15 is 0 Å². The highest BCUT2D eigenvalue weighted by Crippen LogP contribution is 2.38. The Morgan fingerprint density at radius 1 is 0.404 bits per heavy atom. The van der Waals surface area contributed by atoms with Crippen LogP contribution in [0.5, 0.6) is 0 Å². The van der Waals surface area contributed by atoms with E-state index in [-0.39, 0.29) is 12.5 Å². The summed E-state index contributed by atoms with van der Waals surface area (Å²) in [5, 5.41) is 14.0. The molecule has 0 heterocycles. The van der Waals surface area contributed by atoms with Crippen molar-refractivity contribution in [2.75, 3.05) is 40.9 Å². The number of phosphoric acid groups is 1. The largest absolute Gasteiger partial charge is 0.756 e. The number of allylic oxidation sites excluding steroid dienone is 15. The van der Waals surface area contributed by atoms with E-state index in [2.05, 4.69) is 104 Å². The minimum Gasteiger partial charge on any atom is -0.756 e. The van der Waals surface area contributed by atoms with Gasteiger partial charge in [-0.15, -0.1) is 0 Å². The number of aliphatic hydroxyl groups is 1. The van der Waals surface area contributed by atoms with Crippen molar-refractivity contribution in [1.82, 2.24) is 5.32 Å². The van der Waals surface area contributed by atoms with Crippen molar-refractivity contribution in [1.29, 1.82) is 0 Å². The highest BCUT2D eigenvalue weighted by Gasteiger charge is 2.23. The number of hydrogen-bond donors (Lipinski definition) is 2. The molecule has 1 amide bonds. The van der Waals surface area contributed by atoms with E-state index in [0.717, 1.165) is 77.0 Å². The molecule has 0 aromatic heterocycles. The first-order valence-electron chi connectivity index (χ1n) is 38.1. The quantitative estimate of drug-likeness (QED) is 0.0272. The fraction of sp³-hybridized carbons (Fsp3) is 0.787. The molecule has 3 unspecified atom stereocenters. The van der Waals surface area contributed by atoms with E-state index in [4.69, 9.17) is 9.05 Å². The van der Waals surface area contributed by atoms with Crippen LogP contribution in [0.2, 0.25) is 0 Å². The second-order valence-electron chi connectivity index (χ2n) is 27.0. The Kier molecular flexibility index (Phi) is 67.7. The maximum atomic E-state index is 13.1. The zero-order valence-electron chi connectivity index (χ0n) is 59.4. The number of quaternary nitrogens is 1. The summed E-state index contributed by atoms with van der Waals surface area (Å²) >= 11 is 0. The van der Waals surface area contributed by atoms with Crippen molar-refractivity contribution in [2.24, 2.45) is 0 Å². The molecule has 8 nitrogen and oxygen atoms in total. The van der Waals surface area contributed by atoms with Gasteiger partial charge < -0.3 is 28.8 Å². The Hall–Kier alpha value is -2.58. The summed E-state index contributed by atoms with van der Waals surface area (Å²) < 4.78 is 23.5. The number of phosphoric ester groups is 1. The lowest BCUT2D eigenvalue weighted by molar-refractivity contribution is -0.870. The predicted molar refractivity (Wildman–Crippen MR) is 390 cm³/mol. The lowest BCUT2D eigenvalue weighted by Gasteiger charge is -2.29. The lowest BCUT2D eigenvalue weighted by atomic mass is 10.0. The average molecular weight is 1260 g/mol. The number of amides is 1. The van der Waals surface area contributed by atoms with Gasteiger partial charge in [-0.2, -0.15) is 0 Å². The van der Waals surface area contributed by atoms with Crippen LogP contribution in [0.1, 0.15) is 354 Å². The maximum Gasteiger partial charge on any atom is 0.268 e. The first kappa shape index (κ1) is 86.4. The standard InChI is InChI=1S/C80H147N2O6P/c1-6-8-10-12-14-16-18-20-22-24-26-28-30-32-34-36-37-38-39-40-41-42-43-44-45-46-48-50-52-54-56-58-60-62-64-66-68-70-72-74-80(84)81-78(77-88-89(85,86)87-76-75-82(3,4)5)79(83)73-71-69-67-65-63-61-59-57-55-53-51-49-47-35-33-31-29-27-25-23-21-19-17-15-13-11-9-7-2/h8,10,14,16,20,22,26,28,32,34,55,57,63,65,71,73,78-79,83H,6-7,9,11-13,15,17-19,21,23-25,27,29-31,33,35-54,56,58-62,64,66-70,72,74-77H2,1-5H3,(H-,81,84,85,86)/b10-8-,16-14-,22-20-,28-26-,34-32-,57-55+,65-63+,73-71+. The number of hydrogen-bond acceptors (Lipinski definition) is 6. The maximum absolute atomic E-state index is 13.1. The van der Waals surface area contributed by atoms with Gasteiger partial charge in [-0.3, -0.25) is 9.36 Å². The van der Waals surface area contributed by atoms with Gasteiger partial charge in [0.15, 0.2) is 0 Å². The molecule has 2 N–H and O–H groups in total. The minimum atomic E-state index is -4.62. The van der Waals surface area contributed by atoms with Gasteiger partial charge in [0.25, 0.3) is 7.82 Å². The molecule has 0 aliphatic heterocycles. The van der Waals surface area contributed by atoms with Crippen molar-refractivity contribution in [3.05, 3.63) is 97.2 Å². The van der Waals surface area contributed by atoms with Crippen LogP contribution in [0, 0.1) is 0 Å². The average Bonchev–Trinajstić information content (AvgIpc) is 3.55. The molecule has 3 atom stereocenters. The van der Waals surface area contributed by atoms with Gasteiger partial charge in [-0.1, -0.05) is 355 Å². The zero-order chi connectivity index (χ0) is 64.8. The fourth-order valence-corrected chi connectivity index (χ4v) is 11.9. The summed E-state index contributed by atoms with van der Waals surface area (Å²) in [5.41, 5.74) is 0. The topological polar surface area (TPSA) is 108 Å². The molecule has 0 saturated heterocycles. The van der Waals surface area contributed by atoms with Crippen molar-refractivity contribution in [3.8, 4) is 0 Å². The van der Waals surface area contributed by atoms with E-state index in [1.165, 1.54) is 257 Å². The Morgan fingerprint density at radius 2 is 0.697 bits per heavy atom. The van der Waals surface area contributed by atoms with Gasteiger partial charge in [-0.05, 0) is 89.9 Å². The highest BCUT2D eigenvalue weighted by atomic mass is 31.2. The van der Waals surface area contributed by atoms with Crippen LogP contribution in [-0.2, 0) is 18.4 Å².